The van der Waals surface area contributed by atoms with Crippen molar-refractivity contribution in [3.05, 3.63) is 53.9 Å². The van der Waals surface area contributed by atoms with Crippen LogP contribution in [-0.4, -0.2) is 57.1 Å². The number of para-hydroxylation sites is 1. The minimum Gasteiger partial charge on any atom is -0.490 e. The summed E-state index contributed by atoms with van der Waals surface area (Å²) >= 11 is 0. The maximum absolute atomic E-state index is 13.4. The van der Waals surface area contributed by atoms with E-state index in [-0.39, 0.29) is 18.2 Å². The molecule has 1 amide bonds. The molecule has 1 fully saturated rings. The van der Waals surface area contributed by atoms with Gasteiger partial charge in [-0.15, -0.1) is 0 Å². The van der Waals surface area contributed by atoms with Crippen LogP contribution in [0.4, 0.5) is 0 Å². The first kappa shape index (κ1) is 18.2. The fourth-order valence-electron chi connectivity index (χ4n) is 3.12. The lowest BCUT2D eigenvalue weighted by Gasteiger charge is -2.32. The second-order valence-corrected chi connectivity index (χ2v) is 6.32. The highest BCUT2D eigenvalue weighted by Gasteiger charge is 2.35. The number of morpholine rings is 1. The van der Waals surface area contributed by atoms with Crippen LogP contribution in [0.3, 0.4) is 0 Å². The normalized spacial score (nSPS) is 16.9. The largest absolute Gasteiger partial charge is 0.490 e. The molecule has 1 saturated heterocycles. The summed E-state index contributed by atoms with van der Waals surface area (Å²) in [6.07, 6.45) is 1.72. The molecule has 0 aliphatic carbocycles. The number of amides is 1. The average Bonchev–Trinajstić information content (AvgIpc) is 3.35. The lowest BCUT2D eigenvalue weighted by molar-refractivity contribution is -0.0123. The average molecular weight is 383 g/mol. The zero-order valence-corrected chi connectivity index (χ0v) is 15.7. The van der Waals surface area contributed by atoms with Crippen molar-refractivity contribution < 1.29 is 18.8 Å². The third kappa shape index (κ3) is 3.48. The van der Waals surface area contributed by atoms with Gasteiger partial charge in [0.05, 0.1) is 31.7 Å². The van der Waals surface area contributed by atoms with Crippen molar-refractivity contribution in [3.63, 3.8) is 0 Å². The van der Waals surface area contributed by atoms with E-state index in [4.69, 9.17) is 14.0 Å². The molecule has 1 aliphatic heterocycles. The molecule has 0 spiro atoms. The highest BCUT2D eigenvalue weighted by molar-refractivity contribution is 5.95. The summed E-state index contributed by atoms with van der Waals surface area (Å²) < 4.78 is 18.1. The number of benzene rings is 1. The molecule has 4 rings (SSSR count). The SMILES string of the molecule is CCOc1cn(-c2ccccc2)nc1C(=O)N1CCOCC1c1nc(C)no1. The molecule has 9 nitrogen and oxygen atoms in total. The van der Waals surface area contributed by atoms with Crippen LogP contribution in [0, 0.1) is 6.92 Å². The van der Waals surface area contributed by atoms with Crippen molar-refractivity contribution in [1.82, 2.24) is 24.8 Å². The van der Waals surface area contributed by atoms with Crippen LogP contribution in [0.1, 0.15) is 35.2 Å². The number of ether oxygens (including phenoxy) is 2. The van der Waals surface area contributed by atoms with E-state index in [9.17, 15) is 4.79 Å². The number of aromatic nitrogens is 4. The lowest BCUT2D eigenvalue weighted by atomic mass is 10.2. The summed E-state index contributed by atoms with van der Waals surface area (Å²) in [6.45, 7) is 5.14. The molecule has 0 N–H and O–H groups in total. The third-order valence-corrected chi connectivity index (χ3v) is 4.42. The molecular weight excluding hydrogens is 362 g/mol. The first-order chi connectivity index (χ1) is 13.7. The molecular formula is C19H21N5O4. The Morgan fingerprint density at radius 2 is 2.14 bits per heavy atom. The van der Waals surface area contributed by atoms with Gasteiger partial charge in [0.15, 0.2) is 17.3 Å². The second kappa shape index (κ2) is 7.81. The second-order valence-electron chi connectivity index (χ2n) is 6.32. The van der Waals surface area contributed by atoms with E-state index < -0.39 is 6.04 Å². The lowest BCUT2D eigenvalue weighted by Crippen LogP contribution is -2.43. The molecule has 1 aromatic carbocycles. The number of hydrogen-bond acceptors (Lipinski definition) is 7. The summed E-state index contributed by atoms with van der Waals surface area (Å²) in [5, 5.41) is 8.33. The smallest absolute Gasteiger partial charge is 0.279 e. The van der Waals surface area contributed by atoms with Crippen LogP contribution in [0.2, 0.25) is 0 Å². The Labute approximate surface area is 161 Å². The summed E-state index contributed by atoms with van der Waals surface area (Å²) in [6, 6.07) is 9.11. The van der Waals surface area contributed by atoms with Crippen LogP contribution < -0.4 is 4.74 Å². The van der Waals surface area contributed by atoms with Crippen LogP contribution in [0.5, 0.6) is 5.75 Å². The Hall–Kier alpha value is -3.20. The van der Waals surface area contributed by atoms with Crippen molar-refractivity contribution >= 4 is 5.91 Å². The summed E-state index contributed by atoms with van der Waals surface area (Å²) in [4.78, 5) is 19.3. The molecule has 0 bridgehead atoms. The maximum Gasteiger partial charge on any atom is 0.279 e. The third-order valence-electron chi connectivity index (χ3n) is 4.42. The topological polar surface area (TPSA) is 95.5 Å². The minimum atomic E-state index is -0.459. The number of carbonyl (C=O) groups is 1. The Kier molecular flexibility index (Phi) is 5.07. The number of nitrogens with zero attached hydrogens (tertiary/aromatic N) is 5. The molecule has 1 atom stereocenters. The predicted octanol–water partition coefficient (Wildman–Crippen LogP) is 2.18. The highest BCUT2D eigenvalue weighted by Crippen LogP contribution is 2.28. The van der Waals surface area contributed by atoms with Gasteiger partial charge in [-0.3, -0.25) is 4.79 Å². The molecule has 0 radical (unpaired) electrons. The molecule has 146 valence electrons. The molecule has 9 heteroatoms. The van der Waals surface area contributed by atoms with Crippen LogP contribution >= 0.6 is 0 Å². The van der Waals surface area contributed by atoms with Gasteiger partial charge in [-0.25, -0.2) is 4.68 Å². The zero-order valence-electron chi connectivity index (χ0n) is 15.7. The first-order valence-electron chi connectivity index (χ1n) is 9.14. The zero-order chi connectivity index (χ0) is 19.5. The van der Waals surface area contributed by atoms with E-state index in [0.717, 1.165) is 5.69 Å². The van der Waals surface area contributed by atoms with Gasteiger partial charge >= 0.3 is 0 Å². The quantitative estimate of drug-likeness (QED) is 0.666. The van der Waals surface area contributed by atoms with Gasteiger partial charge in [0, 0.05) is 6.54 Å². The Balaban J connectivity index is 1.68. The highest BCUT2D eigenvalue weighted by atomic mass is 16.5. The van der Waals surface area contributed by atoms with E-state index in [0.29, 0.717) is 37.2 Å². The van der Waals surface area contributed by atoms with Crippen LogP contribution in [0.15, 0.2) is 41.1 Å². The van der Waals surface area contributed by atoms with E-state index in [1.807, 2.05) is 37.3 Å². The minimum absolute atomic E-state index is 0.244. The molecule has 2 aromatic heterocycles. The van der Waals surface area contributed by atoms with Gasteiger partial charge < -0.3 is 18.9 Å². The molecule has 3 aromatic rings. The van der Waals surface area contributed by atoms with Crippen molar-refractivity contribution in [1.29, 1.82) is 0 Å². The molecule has 28 heavy (non-hydrogen) atoms. The van der Waals surface area contributed by atoms with E-state index in [1.165, 1.54) is 0 Å². The van der Waals surface area contributed by atoms with E-state index in [2.05, 4.69) is 15.2 Å². The van der Waals surface area contributed by atoms with E-state index in [1.54, 1.807) is 22.7 Å². The van der Waals surface area contributed by atoms with Gasteiger partial charge in [0.25, 0.3) is 11.8 Å². The van der Waals surface area contributed by atoms with E-state index >= 15 is 0 Å². The fourth-order valence-corrected chi connectivity index (χ4v) is 3.12. The molecule has 0 saturated carbocycles. The molecule has 1 aliphatic rings. The Bertz CT molecular complexity index is 952. The van der Waals surface area contributed by atoms with Gasteiger partial charge in [0.1, 0.15) is 6.04 Å². The predicted molar refractivity (Wildman–Crippen MR) is 98.4 cm³/mol. The monoisotopic (exact) mass is 383 g/mol. The molecule has 1 unspecified atom stereocenters. The number of aryl methyl sites for hydroxylation is 1. The number of hydrogen-bond donors (Lipinski definition) is 0. The maximum atomic E-state index is 13.4. The van der Waals surface area contributed by atoms with Crippen molar-refractivity contribution in [2.45, 2.75) is 19.9 Å². The summed E-state index contributed by atoms with van der Waals surface area (Å²) in [5.41, 5.74) is 1.09. The number of carbonyl (C=O) groups excluding carboxylic acids is 1. The van der Waals surface area contributed by atoms with Crippen LogP contribution in [0.25, 0.3) is 5.69 Å². The van der Waals surface area contributed by atoms with Gasteiger partial charge in [-0.2, -0.15) is 10.1 Å². The summed E-state index contributed by atoms with van der Waals surface area (Å²) in [5.74, 6) is 1.04. The summed E-state index contributed by atoms with van der Waals surface area (Å²) in [7, 11) is 0. The first-order valence-corrected chi connectivity index (χ1v) is 9.14. The Morgan fingerprint density at radius 3 is 2.86 bits per heavy atom. The standard InChI is InChI=1S/C19H21N5O4/c1-3-27-16-11-24(14-7-5-4-6-8-14)21-17(16)19(25)23-9-10-26-12-15(23)18-20-13(2)22-28-18/h4-8,11,15H,3,9-10,12H2,1-2H3. The van der Waals surface area contributed by atoms with Crippen molar-refractivity contribution in [2.24, 2.45) is 0 Å². The van der Waals surface area contributed by atoms with Crippen molar-refractivity contribution in [2.75, 3.05) is 26.4 Å². The Morgan fingerprint density at radius 1 is 1.32 bits per heavy atom. The van der Waals surface area contributed by atoms with Gasteiger partial charge in [-0.05, 0) is 26.0 Å². The van der Waals surface area contributed by atoms with Gasteiger partial charge in [-0.1, -0.05) is 23.4 Å². The molecule has 3 heterocycles. The number of rotatable bonds is 5. The van der Waals surface area contributed by atoms with Crippen LogP contribution in [-0.2, 0) is 4.74 Å². The van der Waals surface area contributed by atoms with Crippen molar-refractivity contribution in [3.8, 4) is 11.4 Å². The van der Waals surface area contributed by atoms with Gasteiger partial charge in [0.2, 0.25) is 0 Å². The fraction of sp³-hybridized carbons (Fsp3) is 0.368.